The number of aliphatic carboxylic acids is 1. The van der Waals surface area contributed by atoms with Crippen LogP contribution in [0.25, 0.3) is 0 Å². The zero-order valence-electron chi connectivity index (χ0n) is 18.7. The Morgan fingerprint density at radius 2 is 1.62 bits per heavy atom. The number of anilines is 3. The lowest BCUT2D eigenvalue weighted by Crippen LogP contribution is -2.27. The third kappa shape index (κ3) is 5.50. The van der Waals surface area contributed by atoms with Crippen LogP contribution in [0.1, 0.15) is 18.9 Å². The second kappa shape index (κ2) is 10.2. The van der Waals surface area contributed by atoms with E-state index < -0.39 is 5.97 Å². The first-order valence-corrected chi connectivity index (χ1v) is 11.4. The molecule has 0 saturated heterocycles. The summed E-state index contributed by atoms with van der Waals surface area (Å²) in [6.07, 6.45) is 5.12. The molecule has 0 atom stereocenters. The van der Waals surface area contributed by atoms with E-state index in [1.54, 1.807) is 0 Å². The van der Waals surface area contributed by atoms with Crippen molar-refractivity contribution in [3.05, 3.63) is 106 Å². The van der Waals surface area contributed by atoms with Crippen molar-refractivity contribution in [1.29, 1.82) is 0 Å². The number of allylic oxidation sites excluding steroid dienone is 2. The molecule has 3 aromatic rings. The Hall–Kier alpha value is -3.54. The maximum absolute atomic E-state index is 9.00. The molecule has 0 fully saturated rings. The van der Waals surface area contributed by atoms with Crippen LogP contribution in [-0.2, 0) is 4.79 Å². The predicted molar refractivity (Wildman–Crippen MR) is 141 cm³/mol. The number of carboxylic acid groups (broad SMARTS) is 1. The van der Waals surface area contributed by atoms with E-state index in [9.17, 15) is 0 Å². The van der Waals surface area contributed by atoms with Gasteiger partial charge in [0.25, 0.3) is 5.97 Å². The fourth-order valence-electron chi connectivity index (χ4n) is 3.75. The first-order chi connectivity index (χ1) is 16.3. The Balaban J connectivity index is 0.000000636. The molecular weight excluding hydrogens is 469 g/mol. The summed E-state index contributed by atoms with van der Waals surface area (Å²) in [5.41, 5.74) is 8.38. The Labute approximate surface area is 208 Å². The van der Waals surface area contributed by atoms with Gasteiger partial charge in [-0.15, -0.1) is 0 Å². The minimum atomic E-state index is -0.833. The van der Waals surface area contributed by atoms with Crippen molar-refractivity contribution in [3.8, 4) is 0 Å². The van der Waals surface area contributed by atoms with Gasteiger partial charge in [0.2, 0.25) is 0 Å². The first kappa shape index (κ1) is 23.6. The topological polar surface area (TPSA) is 64.9 Å². The van der Waals surface area contributed by atoms with E-state index in [-0.39, 0.29) is 0 Å². The highest BCUT2D eigenvalue weighted by Gasteiger charge is 2.27. The lowest BCUT2D eigenvalue weighted by atomic mass is 10.00. The molecule has 1 heterocycles. The van der Waals surface area contributed by atoms with Gasteiger partial charge in [-0.05, 0) is 79.2 Å². The van der Waals surface area contributed by atoms with Gasteiger partial charge < -0.3 is 15.3 Å². The summed E-state index contributed by atoms with van der Waals surface area (Å²) in [5.74, 6) is -0.833. The maximum atomic E-state index is 9.00. The molecule has 0 unspecified atom stereocenters. The highest BCUT2D eigenvalue weighted by Crippen LogP contribution is 2.43. The zero-order valence-corrected chi connectivity index (χ0v) is 20.2. The summed E-state index contributed by atoms with van der Waals surface area (Å²) in [5, 5.41) is 12.3. The minimum absolute atomic E-state index is 0.723. The van der Waals surface area contributed by atoms with Crippen molar-refractivity contribution in [3.63, 3.8) is 0 Å². The number of rotatable bonds is 3. The molecule has 2 N–H and O–H groups in total. The van der Waals surface area contributed by atoms with E-state index in [4.69, 9.17) is 38.1 Å². The number of hydrogen-bond donors (Lipinski definition) is 2. The largest absolute Gasteiger partial charge is 0.481 e. The molecule has 7 heteroatoms. The number of carbonyl (C=O) groups is 1. The zero-order chi connectivity index (χ0) is 24.2. The number of aryl methyl sites for hydroxylation is 1. The van der Waals surface area contributed by atoms with Crippen molar-refractivity contribution in [2.24, 2.45) is 4.99 Å². The lowest BCUT2D eigenvalue weighted by molar-refractivity contribution is -0.134. The van der Waals surface area contributed by atoms with Crippen LogP contribution in [0.2, 0.25) is 10.0 Å². The number of halogens is 2. The van der Waals surface area contributed by atoms with E-state index in [0.29, 0.717) is 0 Å². The Kier molecular flexibility index (Phi) is 7.06. The molecule has 0 bridgehead atoms. The van der Waals surface area contributed by atoms with Gasteiger partial charge in [0.05, 0.1) is 22.8 Å². The molecule has 34 heavy (non-hydrogen) atoms. The Bertz CT molecular complexity index is 1310. The standard InChI is InChI=1S/C25H19Cl2N3.C2H4O2/c1-16-2-12-24-22(14-16)29-23-15-20(28-19-7-3-17(26)4-8-19)9-13-25(23)30(24)21-10-5-18(27)6-11-21;1-2(3)4/h2-8,10-15,28H,9H2,1H3;1H3,(H,3,4). The summed E-state index contributed by atoms with van der Waals surface area (Å²) in [7, 11) is 0. The van der Waals surface area contributed by atoms with Crippen LogP contribution in [0, 0.1) is 6.92 Å². The first-order valence-electron chi connectivity index (χ1n) is 10.7. The number of aliphatic imine (C=N–C) groups is 1. The third-order valence-electron chi connectivity index (χ3n) is 5.18. The number of hydrogen-bond acceptors (Lipinski definition) is 4. The lowest BCUT2D eigenvalue weighted by Gasteiger charge is -2.34. The van der Waals surface area contributed by atoms with Gasteiger partial charge in [0.1, 0.15) is 0 Å². The molecule has 0 amide bonds. The molecule has 5 nitrogen and oxygen atoms in total. The monoisotopic (exact) mass is 491 g/mol. The number of carboxylic acids is 1. The summed E-state index contributed by atoms with van der Waals surface area (Å²) in [4.78, 5) is 16.2. The molecule has 5 rings (SSSR count). The molecule has 172 valence electrons. The van der Waals surface area contributed by atoms with Crippen LogP contribution in [0.15, 0.2) is 95.3 Å². The van der Waals surface area contributed by atoms with Gasteiger partial charge in [-0.3, -0.25) is 4.79 Å². The third-order valence-corrected chi connectivity index (χ3v) is 5.68. The van der Waals surface area contributed by atoms with Crippen LogP contribution >= 0.6 is 23.2 Å². The van der Waals surface area contributed by atoms with Crippen molar-refractivity contribution in [1.82, 2.24) is 0 Å². The summed E-state index contributed by atoms with van der Waals surface area (Å²) < 4.78 is 0. The fourth-order valence-corrected chi connectivity index (χ4v) is 4.00. The van der Waals surface area contributed by atoms with Crippen LogP contribution in [-0.4, -0.2) is 16.8 Å². The fraction of sp³-hybridized carbons (Fsp3) is 0.111. The molecule has 0 aromatic heterocycles. The highest BCUT2D eigenvalue weighted by molar-refractivity contribution is 6.31. The van der Waals surface area contributed by atoms with Crippen LogP contribution < -0.4 is 10.2 Å². The van der Waals surface area contributed by atoms with Gasteiger partial charge in [0, 0.05) is 40.5 Å². The van der Waals surface area contributed by atoms with E-state index >= 15 is 0 Å². The quantitative estimate of drug-likeness (QED) is 0.390. The second-order valence-electron chi connectivity index (χ2n) is 7.92. The number of nitrogens with zero attached hydrogens (tertiary/aromatic N) is 2. The van der Waals surface area contributed by atoms with E-state index in [1.165, 1.54) is 5.56 Å². The molecule has 0 radical (unpaired) electrons. The van der Waals surface area contributed by atoms with Crippen LogP contribution in [0.5, 0.6) is 0 Å². The molecule has 1 aliphatic carbocycles. The molecule has 3 aromatic carbocycles. The van der Waals surface area contributed by atoms with Gasteiger partial charge >= 0.3 is 0 Å². The van der Waals surface area contributed by atoms with E-state index in [0.717, 1.165) is 63.2 Å². The van der Waals surface area contributed by atoms with E-state index in [1.807, 2.05) is 48.5 Å². The van der Waals surface area contributed by atoms with Crippen LogP contribution in [0.3, 0.4) is 0 Å². The average molecular weight is 492 g/mol. The molecular formula is C27H23Cl2N3O2. The SMILES string of the molecule is CC(=O)O.Cc1ccc2c(c1)N=C1C=C(Nc3ccc(Cl)cc3)CC=C1N2c1ccc(Cl)cc1. The smallest absolute Gasteiger partial charge is 0.300 e. The van der Waals surface area contributed by atoms with Crippen molar-refractivity contribution < 1.29 is 9.90 Å². The molecule has 0 spiro atoms. The normalized spacial score (nSPS) is 13.9. The minimum Gasteiger partial charge on any atom is -0.481 e. The van der Waals surface area contributed by atoms with Gasteiger partial charge in [-0.2, -0.15) is 0 Å². The van der Waals surface area contributed by atoms with Crippen molar-refractivity contribution >= 4 is 57.6 Å². The number of benzene rings is 3. The summed E-state index contributed by atoms with van der Waals surface area (Å²) in [6, 6.07) is 22.0. The van der Waals surface area contributed by atoms with Gasteiger partial charge in [-0.1, -0.05) is 35.3 Å². The molecule has 0 saturated carbocycles. The van der Waals surface area contributed by atoms with Crippen LogP contribution in [0.4, 0.5) is 22.7 Å². The van der Waals surface area contributed by atoms with E-state index in [2.05, 4.69) is 47.5 Å². The number of nitrogens with one attached hydrogen (secondary N) is 1. The Morgan fingerprint density at radius 3 is 2.26 bits per heavy atom. The van der Waals surface area contributed by atoms with Crippen molar-refractivity contribution in [2.45, 2.75) is 20.3 Å². The maximum Gasteiger partial charge on any atom is 0.300 e. The molecule has 2 aliphatic rings. The van der Waals surface area contributed by atoms with Gasteiger partial charge in [0.15, 0.2) is 0 Å². The van der Waals surface area contributed by atoms with Gasteiger partial charge in [-0.25, -0.2) is 4.99 Å². The van der Waals surface area contributed by atoms with Crippen molar-refractivity contribution in [2.75, 3.05) is 10.2 Å². The second-order valence-corrected chi connectivity index (χ2v) is 8.79. The highest BCUT2D eigenvalue weighted by atomic mass is 35.5. The summed E-state index contributed by atoms with van der Waals surface area (Å²) >= 11 is 12.1. The Morgan fingerprint density at radius 1 is 1.00 bits per heavy atom. The number of fused-ring (bicyclic) bond motifs is 2. The summed E-state index contributed by atoms with van der Waals surface area (Å²) in [6.45, 7) is 3.17. The predicted octanol–water partition coefficient (Wildman–Crippen LogP) is 7.90. The average Bonchev–Trinajstić information content (AvgIpc) is 2.79. The molecule has 1 aliphatic heterocycles.